The standard InChI is InChI=1S/C18H22BrN3O/c1-13-7-8-15(14(19)11-13)20-18(23)12-22-10-4-6-17(22)16-5-3-9-21(16)2/h3,5,7-9,11,17H,4,6,10,12H2,1-2H3,(H,20,23)/t17-/m1/s1. The van der Waals surface area contributed by atoms with Crippen molar-refractivity contribution in [2.24, 2.45) is 7.05 Å². The van der Waals surface area contributed by atoms with Gasteiger partial charge in [0.25, 0.3) is 0 Å². The molecule has 1 aliphatic heterocycles. The summed E-state index contributed by atoms with van der Waals surface area (Å²) in [5, 5.41) is 3.01. The Kier molecular flexibility index (Phi) is 4.87. The molecular weight excluding hydrogens is 354 g/mol. The second kappa shape index (κ2) is 6.89. The number of halogens is 1. The first kappa shape index (κ1) is 16.3. The lowest BCUT2D eigenvalue weighted by molar-refractivity contribution is -0.117. The molecule has 2 heterocycles. The summed E-state index contributed by atoms with van der Waals surface area (Å²) in [6, 6.07) is 10.5. The van der Waals surface area contributed by atoms with Crippen LogP contribution in [0, 0.1) is 6.92 Å². The molecule has 0 spiro atoms. The summed E-state index contributed by atoms with van der Waals surface area (Å²) in [5.41, 5.74) is 3.28. The van der Waals surface area contributed by atoms with Crippen molar-refractivity contribution < 1.29 is 4.79 Å². The summed E-state index contributed by atoms with van der Waals surface area (Å²) in [6.45, 7) is 3.43. The Balaban J connectivity index is 1.66. The second-order valence-corrected chi connectivity index (χ2v) is 7.06. The highest BCUT2D eigenvalue weighted by Crippen LogP contribution is 2.31. The van der Waals surface area contributed by atoms with Gasteiger partial charge >= 0.3 is 0 Å². The number of nitrogens with one attached hydrogen (secondary N) is 1. The largest absolute Gasteiger partial charge is 0.353 e. The molecule has 1 amide bonds. The third-order valence-corrected chi connectivity index (χ3v) is 5.09. The minimum absolute atomic E-state index is 0.0377. The van der Waals surface area contributed by atoms with E-state index in [2.05, 4.69) is 56.1 Å². The molecule has 0 bridgehead atoms. The number of carbonyl (C=O) groups is 1. The van der Waals surface area contributed by atoms with Gasteiger partial charge in [0, 0.05) is 23.4 Å². The molecule has 23 heavy (non-hydrogen) atoms. The van der Waals surface area contributed by atoms with Crippen LogP contribution in [0.1, 0.15) is 30.1 Å². The van der Waals surface area contributed by atoms with E-state index in [9.17, 15) is 4.79 Å². The fourth-order valence-electron chi connectivity index (χ4n) is 3.27. The van der Waals surface area contributed by atoms with Gasteiger partial charge in [-0.2, -0.15) is 0 Å². The number of benzene rings is 1. The van der Waals surface area contributed by atoms with Crippen molar-refractivity contribution in [2.45, 2.75) is 25.8 Å². The van der Waals surface area contributed by atoms with E-state index in [1.54, 1.807) is 0 Å². The number of hydrogen-bond donors (Lipinski definition) is 1. The zero-order chi connectivity index (χ0) is 16.4. The molecule has 122 valence electrons. The molecule has 0 unspecified atom stereocenters. The Morgan fingerprint density at radius 2 is 2.22 bits per heavy atom. The molecule has 0 saturated carbocycles. The van der Waals surface area contributed by atoms with Crippen molar-refractivity contribution in [1.82, 2.24) is 9.47 Å². The monoisotopic (exact) mass is 375 g/mol. The van der Waals surface area contributed by atoms with E-state index in [0.717, 1.165) is 35.1 Å². The molecule has 3 rings (SSSR count). The number of aryl methyl sites for hydroxylation is 2. The molecule has 0 radical (unpaired) electrons. The van der Waals surface area contributed by atoms with Gasteiger partial charge in [0.2, 0.25) is 5.91 Å². The van der Waals surface area contributed by atoms with Crippen LogP contribution in [0.3, 0.4) is 0 Å². The average molecular weight is 376 g/mol. The number of anilines is 1. The quantitative estimate of drug-likeness (QED) is 0.880. The average Bonchev–Trinajstić information content (AvgIpc) is 3.10. The molecule has 1 aromatic heterocycles. The summed E-state index contributed by atoms with van der Waals surface area (Å²) in [4.78, 5) is 14.7. The maximum atomic E-state index is 12.4. The van der Waals surface area contributed by atoms with Crippen molar-refractivity contribution in [3.63, 3.8) is 0 Å². The Hall–Kier alpha value is -1.59. The molecule has 2 aromatic rings. The van der Waals surface area contributed by atoms with E-state index in [1.807, 2.05) is 25.1 Å². The molecule has 1 atom stereocenters. The number of likely N-dealkylation sites (tertiary alicyclic amines) is 1. The number of carbonyl (C=O) groups excluding carboxylic acids is 1. The minimum Gasteiger partial charge on any atom is -0.353 e. The van der Waals surface area contributed by atoms with Crippen LogP contribution in [-0.2, 0) is 11.8 Å². The van der Waals surface area contributed by atoms with Gasteiger partial charge < -0.3 is 9.88 Å². The lowest BCUT2D eigenvalue weighted by Crippen LogP contribution is -2.33. The molecule has 1 aromatic carbocycles. The van der Waals surface area contributed by atoms with Crippen LogP contribution in [0.25, 0.3) is 0 Å². The van der Waals surface area contributed by atoms with E-state index in [0.29, 0.717) is 12.6 Å². The number of amides is 1. The Morgan fingerprint density at radius 1 is 1.39 bits per heavy atom. The van der Waals surface area contributed by atoms with E-state index in [1.165, 1.54) is 5.69 Å². The molecule has 1 fully saturated rings. The summed E-state index contributed by atoms with van der Waals surface area (Å²) in [7, 11) is 2.06. The number of aromatic nitrogens is 1. The van der Waals surface area contributed by atoms with Crippen LogP contribution in [-0.4, -0.2) is 28.5 Å². The first-order valence-electron chi connectivity index (χ1n) is 7.96. The molecule has 0 aliphatic carbocycles. The number of nitrogens with zero attached hydrogens (tertiary/aromatic N) is 2. The Morgan fingerprint density at radius 3 is 2.91 bits per heavy atom. The molecule has 1 N–H and O–H groups in total. The Labute approximate surface area is 145 Å². The highest BCUT2D eigenvalue weighted by molar-refractivity contribution is 9.10. The fourth-order valence-corrected chi connectivity index (χ4v) is 3.86. The predicted octanol–water partition coefficient (Wildman–Crippen LogP) is 3.87. The van der Waals surface area contributed by atoms with Crippen molar-refractivity contribution >= 4 is 27.5 Å². The van der Waals surface area contributed by atoms with Crippen LogP contribution in [0.15, 0.2) is 41.0 Å². The van der Waals surface area contributed by atoms with Gasteiger partial charge in [-0.1, -0.05) is 6.07 Å². The first-order valence-corrected chi connectivity index (χ1v) is 8.75. The number of rotatable bonds is 4. The van der Waals surface area contributed by atoms with E-state index in [4.69, 9.17) is 0 Å². The summed E-state index contributed by atoms with van der Waals surface area (Å²) in [6.07, 6.45) is 4.31. The van der Waals surface area contributed by atoms with Gasteiger partial charge in [0.15, 0.2) is 0 Å². The summed E-state index contributed by atoms with van der Waals surface area (Å²) >= 11 is 3.51. The predicted molar refractivity (Wildman–Crippen MR) is 96.5 cm³/mol. The second-order valence-electron chi connectivity index (χ2n) is 6.20. The van der Waals surface area contributed by atoms with Crippen LogP contribution < -0.4 is 5.32 Å². The van der Waals surface area contributed by atoms with Gasteiger partial charge in [-0.3, -0.25) is 9.69 Å². The van der Waals surface area contributed by atoms with E-state index in [-0.39, 0.29) is 5.91 Å². The lowest BCUT2D eigenvalue weighted by atomic mass is 10.1. The Bertz CT molecular complexity index is 710. The van der Waals surface area contributed by atoms with E-state index >= 15 is 0 Å². The number of hydrogen-bond acceptors (Lipinski definition) is 2. The maximum absolute atomic E-state index is 12.4. The zero-order valence-electron chi connectivity index (χ0n) is 13.6. The SMILES string of the molecule is Cc1ccc(NC(=O)CN2CCC[C@@H]2c2cccn2C)c(Br)c1. The van der Waals surface area contributed by atoms with Gasteiger partial charge in [0.1, 0.15) is 0 Å². The van der Waals surface area contributed by atoms with Crippen LogP contribution in [0.2, 0.25) is 0 Å². The van der Waals surface area contributed by atoms with Gasteiger partial charge in [-0.15, -0.1) is 0 Å². The first-order chi connectivity index (χ1) is 11.0. The maximum Gasteiger partial charge on any atom is 0.238 e. The summed E-state index contributed by atoms with van der Waals surface area (Å²) < 4.78 is 3.07. The van der Waals surface area contributed by atoms with Crippen molar-refractivity contribution in [3.8, 4) is 0 Å². The van der Waals surface area contributed by atoms with E-state index < -0.39 is 0 Å². The fraction of sp³-hybridized carbons (Fsp3) is 0.389. The van der Waals surface area contributed by atoms with Crippen molar-refractivity contribution in [2.75, 3.05) is 18.4 Å². The van der Waals surface area contributed by atoms with Crippen molar-refractivity contribution in [3.05, 3.63) is 52.3 Å². The van der Waals surface area contributed by atoms with Gasteiger partial charge in [-0.25, -0.2) is 0 Å². The smallest absolute Gasteiger partial charge is 0.238 e. The van der Waals surface area contributed by atoms with Crippen LogP contribution in [0.4, 0.5) is 5.69 Å². The highest BCUT2D eigenvalue weighted by Gasteiger charge is 2.29. The molecule has 1 saturated heterocycles. The lowest BCUT2D eigenvalue weighted by Gasteiger charge is -2.24. The van der Waals surface area contributed by atoms with Crippen molar-refractivity contribution in [1.29, 1.82) is 0 Å². The molecule has 5 heteroatoms. The zero-order valence-corrected chi connectivity index (χ0v) is 15.1. The third-order valence-electron chi connectivity index (χ3n) is 4.43. The highest BCUT2D eigenvalue weighted by atomic mass is 79.9. The topological polar surface area (TPSA) is 37.3 Å². The van der Waals surface area contributed by atoms with Crippen LogP contribution in [0.5, 0.6) is 0 Å². The molecular formula is C18H22BrN3O. The minimum atomic E-state index is 0.0377. The normalized spacial score (nSPS) is 18.3. The molecule has 4 nitrogen and oxygen atoms in total. The van der Waals surface area contributed by atoms with Gasteiger partial charge in [-0.05, 0) is 72.1 Å². The van der Waals surface area contributed by atoms with Crippen LogP contribution >= 0.6 is 15.9 Å². The third kappa shape index (κ3) is 3.67. The summed E-state index contributed by atoms with van der Waals surface area (Å²) in [5.74, 6) is 0.0377. The van der Waals surface area contributed by atoms with Gasteiger partial charge in [0.05, 0.1) is 18.3 Å². The molecule has 1 aliphatic rings.